The fourth-order valence-corrected chi connectivity index (χ4v) is 2.09. The van der Waals surface area contributed by atoms with Crippen molar-refractivity contribution < 1.29 is 14.8 Å². The van der Waals surface area contributed by atoms with E-state index in [2.05, 4.69) is 26.5 Å². The van der Waals surface area contributed by atoms with Crippen molar-refractivity contribution in [3.8, 4) is 5.75 Å². The van der Waals surface area contributed by atoms with Gasteiger partial charge in [-0.25, -0.2) is 5.43 Å². The molecule has 0 spiro atoms. The van der Waals surface area contributed by atoms with Crippen molar-refractivity contribution in [3.05, 3.63) is 68.2 Å². The molecule has 1 amide bonds. The molecule has 0 fully saturated rings. The third-order valence-corrected chi connectivity index (χ3v) is 3.40. The van der Waals surface area contributed by atoms with Crippen LogP contribution in [0.25, 0.3) is 0 Å². The summed E-state index contributed by atoms with van der Waals surface area (Å²) in [5.41, 5.74) is 2.62. The molecule has 22 heavy (non-hydrogen) atoms. The third-order valence-electron chi connectivity index (χ3n) is 2.71. The largest absolute Gasteiger partial charge is 0.507 e. The number of aromatic hydroxyl groups is 1. The Morgan fingerprint density at radius 3 is 2.73 bits per heavy atom. The molecular formula is C14H10BrN3O4. The number of phenolic OH excluding ortho intramolecular Hbond substituents is 1. The van der Waals surface area contributed by atoms with E-state index in [1.165, 1.54) is 12.1 Å². The first-order chi connectivity index (χ1) is 10.5. The minimum Gasteiger partial charge on any atom is -0.507 e. The van der Waals surface area contributed by atoms with Gasteiger partial charge in [0.1, 0.15) is 5.75 Å². The van der Waals surface area contributed by atoms with Gasteiger partial charge in [0.05, 0.1) is 16.7 Å². The number of benzene rings is 2. The molecule has 0 aliphatic rings. The summed E-state index contributed by atoms with van der Waals surface area (Å²) in [6.45, 7) is 0. The molecule has 0 saturated carbocycles. The average Bonchev–Trinajstić information content (AvgIpc) is 2.49. The third kappa shape index (κ3) is 3.67. The Morgan fingerprint density at radius 1 is 1.32 bits per heavy atom. The van der Waals surface area contributed by atoms with Crippen LogP contribution < -0.4 is 5.43 Å². The Morgan fingerprint density at radius 2 is 2.05 bits per heavy atom. The smallest absolute Gasteiger partial charge is 0.272 e. The number of nitrogens with one attached hydrogen (secondary N) is 1. The fraction of sp³-hybridized carbons (Fsp3) is 0. The predicted molar refractivity (Wildman–Crippen MR) is 84.0 cm³/mol. The lowest BCUT2D eigenvalue weighted by Gasteiger charge is -2.02. The quantitative estimate of drug-likeness (QED) is 0.494. The number of amides is 1. The van der Waals surface area contributed by atoms with Crippen molar-refractivity contribution >= 4 is 33.7 Å². The number of halogens is 1. The monoisotopic (exact) mass is 363 g/mol. The van der Waals surface area contributed by atoms with E-state index in [0.717, 1.165) is 12.3 Å². The Balaban J connectivity index is 2.13. The summed E-state index contributed by atoms with van der Waals surface area (Å²) < 4.78 is 0.612. The normalized spacial score (nSPS) is 10.6. The molecule has 0 heterocycles. The number of non-ortho nitro benzene ring substituents is 1. The van der Waals surface area contributed by atoms with Gasteiger partial charge in [-0.05, 0) is 34.1 Å². The van der Waals surface area contributed by atoms with Gasteiger partial charge in [0.25, 0.3) is 11.6 Å². The van der Waals surface area contributed by atoms with Crippen molar-refractivity contribution in [2.75, 3.05) is 0 Å². The van der Waals surface area contributed by atoms with Gasteiger partial charge in [0.15, 0.2) is 0 Å². The molecular weight excluding hydrogens is 354 g/mol. The molecule has 112 valence electrons. The number of phenols is 1. The fourth-order valence-electron chi connectivity index (χ4n) is 1.62. The molecule has 0 radical (unpaired) electrons. The number of nitro benzene ring substituents is 1. The first-order valence-electron chi connectivity index (χ1n) is 6.04. The highest BCUT2D eigenvalue weighted by molar-refractivity contribution is 9.10. The summed E-state index contributed by atoms with van der Waals surface area (Å²) in [6.07, 6.45) is 1.14. The number of hydrogen-bond acceptors (Lipinski definition) is 5. The second-order valence-corrected chi connectivity index (χ2v) is 5.03. The van der Waals surface area contributed by atoms with E-state index in [1.807, 2.05) is 0 Å². The second kappa shape index (κ2) is 6.81. The zero-order valence-electron chi connectivity index (χ0n) is 11.1. The maximum atomic E-state index is 11.9. The SMILES string of the molecule is O=C(N/N=C\c1cc([N+](=O)[O-])ccc1O)c1ccccc1Br. The van der Waals surface area contributed by atoms with Crippen molar-refractivity contribution in [2.45, 2.75) is 0 Å². The van der Waals surface area contributed by atoms with Crippen molar-refractivity contribution in [2.24, 2.45) is 5.10 Å². The van der Waals surface area contributed by atoms with Crippen molar-refractivity contribution in [1.29, 1.82) is 0 Å². The van der Waals surface area contributed by atoms with Crippen LogP contribution in [0.2, 0.25) is 0 Å². The molecule has 0 saturated heterocycles. The van der Waals surface area contributed by atoms with Crippen LogP contribution >= 0.6 is 15.9 Å². The van der Waals surface area contributed by atoms with Crippen LogP contribution in [0.4, 0.5) is 5.69 Å². The minimum absolute atomic E-state index is 0.127. The summed E-state index contributed by atoms with van der Waals surface area (Å²) >= 11 is 3.24. The second-order valence-electron chi connectivity index (χ2n) is 4.18. The number of carbonyl (C=O) groups excluding carboxylic acids is 1. The predicted octanol–water partition coefficient (Wildman–Crippen LogP) is 2.83. The van der Waals surface area contributed by atoms with Crippen molar-refractivity contribution in [1.82, 2.24) is 5.43 Å². The number of hydrogen-bond donors (Lipinski definition) is 2. The van der Waals surface area contributed by atoms with Crippen LogP contribution in [0.1, 0.15) is 15.9 Å². The van der Waals surface area contributed by atoms with Crippen molar-refractivity contribution in [3.63, 3.8) is 0 Å². The molecule has 8 heteroatoms. The summed E-state index contributed by atoms with van der Waals surface area (Å²) in [6, 6.07) is 10.3. The number of rotatable bonds is 4. The lowest BCUT2D eigenvalue weighted by molar-refractivity contribution is -0.384. The molecule has 2 aromatic carbocycles. The highest BCUT2D eigenvalue weighted by atomic mass is 79.9. The standard InChI is InChI=1S/C14H10BrN3O4/c15-12-4-2-1-3-11(12)14(20)17-16-8-9-7-10(18(21)22)5-6-13(9)19/h1-8,19H,(H,17,20)/b16-8-. The zero-order chi connectivity index (χ0) is 16.1. The Hall–Kier alpha value is -2.74. The Kier molecular flexibility index (Phi) is 4.84. The van der Waals surface area contributed by atoms with Crippen LogP contribution in [0.3, 0.4) is 0 Å². The van der Waals surface area contributed by atoms with E-state index in [0.29, 0.717) is 10.0 Å². The van der Waals surface area contributed by atoms with E-state index < -0.39 is 10.8 Å². The molecule has 0 aromatic heterocycles. The van der Waals surface area contributed by atoms with E-state index in [9.17, 15) is 20.0 Å². The molecule has 0 bridgehead atoms. The van der Waals surface area contributed by atoms with Crippen LogP contribution in [-0.2, 0) is 0 Å². The molecule has 2 rings (SSSR count). The molecule has 0 aliphatic heterocycles. The van der Waals surface area contributed by atoms with Gasteiger partial charge in [-0.3, -0.25) is 14.9 Å². The highest BCUT2D eigenvalue weighted by Crippen LogP contribution is 2.21. The Bertz CT molecular complexity index is 762. The first kappa shape index (κ1) is 15.6. The molecule has 7 nitrogen and oxygen atoms in total. The van der Waals surface area contributed by atoms with Gasteiger partial charge in [-0.15, -0.1) is 0 Å². The maximum absolute atomic E-state index is 11.9. The number of carbonyl (C=O) groups is 1. The van der Waals surface area contributed by atoms with Gasteiger partial charge in [-0.1, -0.05) is 12.1 Å². The topological polar surface area (TPSA) is 105 Å². The first-order valence-corrected chi connectivity index (χ1v) is 6.83. The van der Waals surface area contributed by atoms with Crippen LogP contribution in [0.15, 0.2) is 52.0 Å². The molecule has 0 aliphatic carbocycles. The number of hydrazone groups is 1. The summed E-state index contributed by atoms with van der Waals surface area (Å²) in [7, 11) is 0. The lowest BCUT2D eigenvalue weighted by atomic mass is 10.2. The summed E-state index contributed by atoms with van der Waals surface area (Å²) in [5.74, 6) is -0.627. The molecule has 2 N–H and O–H groups in total. The van der Waals surface area contributed by atoms with Crippen LogP contribution in [0, 0.1) is 10.1 Å². The lowest BCUT2D eigenvalue weighted by Crippen LogP contribution is -2.18. The zero-order valence-corrected chi connectivity index (χ0v) is 12.6. The van der Waals surface area contributed by atoms with Gasteiger partial charge < -0.3 is 5.11 Å². The summed E-state index contributed by atoms with van der Waals surface area (Å²) in [5, 5.41) is 24.0. The van der Waals surface area contributed by atoms with Gasteiger partial charge in [0.2, 0.25) is 0 Å². The molecule has 2 aromatic rings. The van der Waals surface area contributed by atoms with E-state index >= 15 is 0 Å². The van der Waals surface area contributed by atoms with Gasteiger partial charge in [-0.2, -0.15) is 5.10 Å². The van der Waals surface area contributed by atoms with Gasteiger partial charge in [0, 0.05) is 22.2 Å². The number of nitrogens with zero attached hydrogens (tertiary/aromatic N) is 2. The van der Waals surface area contributed by atoms with E-state index in [-0.39, 0.29) is 17.0 Å². The number of nitro groups is 1. The summed E-state index contributed by atoms with van der Waals surface area (Å²) in [4.78, 5) is 22.0. The molecule has 0 unspecified atom stereocenters. The highest BCUT2D eigenvalue weighted by Gasteiger charge is 2.10. The van der Waals surface area contributed by atoms with E-state index in [1.54, 1.807) is 24.3 Å². The maximum Gasteiger partial charge on any atom is 0.272 e. The minimum atomic E-state index is -0.587. The van der Waals surface area contributed by atoms with Gasteiger partial charge >= 0.3 is 0 Å². The van der Waals surface area contributed by atoms with Crippen LogP contribution in [0.5, 0.6) is 5.75 Å². The Labute approximate surface area is 133 Å². The van der Waals surface area contributed by atoms with E-state index in [4.69, 9.17) is 0 Å². The molecule has 0 atom stereocenters. The average molecular weight is 364 g/mol. The van der Waals surface area contributed by atoms with Crippen LogP contribution in [-0.4, -0.2) is 22.2 Å².